The maximum Gasteiger partial charge on any atom is 0.481 e. The fraction of sp³-hybridized carbons (Fsp3) is 0.647. The Morgan fingerprint density at radius 1 is 1.00 bits per heavy atom. The Labute approximate surface area is 218 Å². The highest BCUT2D eigenvalue weighted by Gasteiger charge is 2.48. The summed E-state index contributed by atoms with van der Waals surface area (Å²) in [4.78, 5) is 42.5. The number of nitrogens with two attached hydrogens (primary N) is 1. The van der Waals surface area contributed by atoms with Crippen LogP contribution in [0.15, 0.2) is 12.7 Å². The van der Waals surface area contributed by atoms with E-state index in [-0.39, 0.29) is 17.0 Å². The van der Waals surface area contributed by atoms with Crippen molar-refractivity contribution >= 4 is 38.6 Å². The Balaban J connectivity index is 1.32. The zero-order chi connectivity index (χ0) is 28.7. The van der Waals surface area contributed by atoms with Crippen LogP contribution in [0.5, 0.6) is 0 Å². The van der Waals surface area contributed by atoms with Gasteiger partial charge in [0.1, 0.15) is 42.4 Å². The molecule has 0 aliphatic carbocycles. The fourth-order valence-corrected chi connectivity index (χ4v) is 5.93. The molecule has 2 fully saturated rings. The lowest BCUT2D eigenvalue weighted by Crippen LogP contribution is -2.37. The fourth-order valence-electron chi connectivity index (χ4n) is 3.84. The Hall–Kier alpha value is -2.16. The highest BCUT2D eigenvalue weighted by Crippen LogP contribution is 2.60. The summed E-state index contributed by atoms with van der Waals surface area (Å²) in [7, 11) is -10.7. The van der Waals surface area contributed by atoms with Crippen LogP contribution in [0.3, 0.4) is 0 Å². The van der Waals surface area contributed by atoms with Crippen molar-refractivity contribution in [1.29, 1.82) is 0 Å². The minimum Gasteiger partial charge on any atom is -0.454 e. The number of esters is 1. The molecule has 0 spiro atoms. The van der Waals surface area contributed by atoms with Gasteiger partial charge in [0.2, 0.25) is 0 Å². The van der Waals surface area contributed by atoms with Gasteiger partial charge < -0.3 is 50.2 Å². The van der Waals surface area contributed by atoms with Gasteiger partial charge in [0.25, 0.3) is 0 Å². The van der Waals surface area contributed by atoms with Crippen molar-refractivity contribution in [3.05, 3.63) is 12.7 Å². The van der Waals surface area contributed by atoms with Crippen molar-refractivity contribution < 1.29 is 71.7 Å². The number of phosphoric acid groups is 2. The maximum atomic E-state index is 12.3. The number of phosphoric ester groups is 2. The van der Waals surface area contributed by atoms with Crippen LogP contribution in [-0.4, -0.2) is 112 Å². The summed E-state index contributed by atoms with van der Waals surface area (Å²) in [5, 5.41) is 40.5. The van der Waals surface area contributed by atoms with Gasteiger partial charge in [-0.2, -0.15) is 4.31 Å². The van der Waals surface area contributed by atoms with Gasteiger partial charge in [-0.15, -0.1) is 0 Å². The van der Waals surface area contributed by atoms with E-state index in [1.807, 2.05) is 0 Å². The molecule has 2 aliphatic heterocycles. The first kappa shape index (κ1) is 29.8. The van der Waals surface area contributed by atoms with Gasteiger partial charge >= 0.3 is 21.6 Å². The number of aromatic nitrogens is 4. The average Bonchev–Trinajstić information content (AvgIpc) is 3.47. The van der Waals surface area contributed by atoms with Gasteiger partial charge in [0, 0.05) is 6.92 Å². The number of hydrogen-bond donors (Lipinski definition) is 7. The van der Waals surface area contributed by atoms with E-state index in [2.05, 4.69) is 33.0 Å². The van der Waals surface area contributed by atoms with Gasteiger partial charge in [-0.3, -0.25) is 18.4 Å². The molecule has 0 bridgehead atoms. The monoisotopic (exact) mass is 601 g/mol. The zero-order valence-corrected chi connectivity index (χ0v) is 21.6. The van der Waals surface area contributed by atoms with Gasteiger partial charge in [-0.1, -0.05) is 0 Å². The predicted molar refractivity (Wildman–Crippen MR) is 121 cm³/mol. The summed E-state index contributed by atoms with van der Waals surface area (Å²) in [6, 6.07) is 0. The molecule has 218 valence electrons. The number of imidazole rings is 1. The van der Waals surface area contributed by atoms with Crippen molar-refractivity contribution in [2.45, 2.75) is 56.1 Å². The number of hydrogen-bond acceptors (Lipinski definition) is 17. The van der Waals surface area contributed by atoms with Crippen LogP contribution in [0.2, 0.25) is 0 Å². The summed E-state index contributed by atoms with van der Waals surface area (Å²) in [6.45, 7) is -0.818. The number of nitrogens with zero attached hydrogens (tertiary/aromatic N) is 4. The van der Waals surface area contributed by atoms with E-state index in [0.29, 0.717) is 0 Å². The lowest BCUT2D eigenvalue weighted by Gasteiger charge is -2.20. The number of anilines is 1. The van der Waals surface area contributed by atoms with E-state index in [0.717, 1.165) is 13.3 Å². The molecule has 10 atom stereocenters. The number of ether oxygens (including phenoxy) is 3. The topological polar surface area (TPSA) is 298 Å². The average molecular weight is 601 g/mol. The second kappa shape index (κ2) is 11.4. The second-order valence-electron chi connectivity index (χ2n) is 8.37. The van der Waals surface area contributed by atoms with Crippen molar-refractivity contribution in [2.75, 3.05) is 18.9 Å². The number of rotatable bonds is 10. The highest BCUT2D eigenvalue weighted by molar-refractivity contribution is 7.61. The van der Waals surface area contributed by atoms with Crippen LogP contribution in [0.4, 0.5) is 5.82 Å². The van der Waals surface area contributed by atoms with Crippen LogP contribution in [0, 0.1) is 0 Å². The van der Waals surface area contributed by atoms with E-state index < -0.39 is 84.0 Å². The first-order chi connectivity index (χ1) is 18.2. The summed E-state index contributed by atoms with van der Waals surface area (Å²) < 4.78 is 54.1. The predicted octanol–water partition coefficient (Wildman–Crippen LogP) is -2.71. The number of aliphatic hydroxyl groups is 4. The molecular formula is C17H25N5O15P2. The zero-order valence-electron chi connectivity index (χ0n) is 19.8. The van der Waals surface area contributed by atoms with Crippen LogP contribution >= 0.6 is 15.6 Å². The first-order valence-electron chi connectivity index (χ1n) is 11.0. The Morgan fingerprint density at radius 3 is 2.23 bits per heavy atom. The minimum atomic E-state index is -5.35. The third kappa shape index (κ3) is 6.60. The molecule has 39 heavy (non-hydrogen) atoms. The number of carbonyl (C=O) groups is 1. The molecule has 2 aliphatic rings. The van der Waals surface area contributed by atoms with Gasteiger partial charge in [-0.25, -0.2) is 24.1 Å². The molecule has 22 heteroatoms. The summed E-state index contributed by atoms with van der Waals surface area (Å²) in [5.74, 6) is -0.792. The molecule has 20 nitrogen and oxygen atoms in total. The summed E-state index contributed by atoms with van der Waals surface area (Å²) >= 11 is 0. The number of nitrogen functional groups attached to an aromatic ring is 1. The quantitative estimate of drug-likeness (QED) is 0.107. The summed E-state index contributed by atoms with van der Waals surface area (Å²) in [6.07, 6.45) is -10.0. The van der Waals surface area contributed by atoms with E-state index in [4.69, 9.17) is 15.2 Å². The molecular weight excluding hydrogens is 576 g/mol. The number of fused-ring (bicyclic) bond motifs is 1. The molecule has 0 saturated carbocycles. The lowest BCUT2D eigenvalue weighted by atomic mass is 10.1. The van der Waals surface area contributed by atoms with Crippen LogP contribution < -0.4 is 5.73 Å². The molecule has 4 heterocycles. The minimum absolute atomic E-state index is 0.0510. The molecule has 4 rings (SSSR count). The molecule has 0 amide bonds. The van der Waals surface area contributed by atoms with E-state index >= 15 is 0 Å². The molecule has 0 radical (unpaired) electrons. The number of carbonyl (C=O) groups excluding carboxylic acids is 1. The van der Waals surface area contributed by atoms with Crippen molar-refractivity contribution in [3.63, 3.8) is 0 Å². The summed E-state index contributed by atoms with van der Waals surface area (Å²) in [5.41, 5.74) is 6.08. The maximum absolute atomic E-state index is 12.3. The molecule has 2 unspecified atom stereocenters. The van der Waals surface area contributed by atoms with Crippen LogP contribution in [-0.2, 0) is 41.5 Å². The second-order valence-corrected chi connectivity index (χ2v) is 11.4. The normalized spacial score (nSPS) is 34.1. The largest absolute Gasteiger partial charge is 0.481 e. The van der Waals surface area contributed by atoms with Crippen molar-refractivity contribution in [1.82, 2.24) is 19.5 Å². The molecule has 2 aromatic heterocycles. The van der Waals surface area contributed by atoms with Gasteiger partial charge in [0.15, 0.2) is 30.1 Å². The van der Waals surface area contributed by atoms with Crippen LogP contribution in [0.1, 0.15) is 13.2 Å². The SMILES string of the molecule is CC(=O)O[C@@H]1[C@H](O)[C@@H](COP(=O)(O)OP(=O)(O)OC[C@H]2O[C@@H](n3cnc4c(N)ncnc43)[C@H](O)[C@@H]2O)O[C@H]1O. The third-order valence-corrected chi connectivity index (χ3v) is 8.23. The third-order valence-electron chi connectivity index (χ3n) is 5.62. The Morgan fingerprint density at radius 2 is 1.62 bits per heavy atom. The Bertz CT molecular complexity index is 1300. The molecule has 0 aromatic carbocycles. The lowest BCUT2D eigenvalue weighted by molar-refractivity contribution is -0.170. The van der Waals surface area contributed by atoms with Gasteiger partial charge in [0.05, 0.1) is 19.5 Å². The number of aliphatic hydroxyl groups excluding tert-OH is 4. The van der Waals surface area contributed by atoms with E-state index in [1.54, 1.807) is 0 Å². The Kier molecular flexibility index (Phi) is 8.70. The van der Waals surface area contributed by atoms with Crippen molar-refractivity contribution in [2.24, 2.45) is 0 Å². The molecule has 2 saturated heterocycles. The standard InChI is InChI=1S/C17H25N5O15P2/c1-6(23)34-13-11(25)8(36-17(13)27)3-33-39(30,31)37-38(28,29)32-2-7-10(24)12(26)16(35-7)22-5-21-9-14(18)19-4-20-15(9)22/h4-5,7-8,10-13,16-17,24-27H,2-3H2,1H3,(H,28,29)(H,30,31)(H2,18,19,20)/t7-,8-,10-,11-,12-,13-,16-,17-/m1/s1. The van der Waals surface area contributed by atoms with E-state index in [9.17, 15) is 44.1 Å². The highest BCUT2D eigenvalue weighted by atomic mass is 31.3. The molecule has 8 N–H and O–H groups in total. The van der Waals surface area contributed by atoms with Crippen LogP contribution in [0.25, 0.3) is 11.2 Å². The first-order valence-corrected chi connectivity index (χ1v) is 14.0. The van der Waals surface area contributed by atoms with E-state index in [1.165, 1.54) is 10.9 Å². The molecule has 2 aromatic rings. The van der Waals surface area contributed by atoms with Gasteiger partial charge in [-0.05, 0) is 0 Å². The van der Waals surface area contributed by atoms with Crippen molar-refractivity contribution in [3.8, 4) is 0 Å². The smallest absolute Gasteiger partial charge is 0.454 e.